The fourth-order valence-electron chi connectivity index (χ4n) is 0.965. The number of esters is 1. The molecule has 0 rings (SSSR count). The summed E-state index contributed by atoms with van der Waals surface area (Å²) in [6.45, 7) is -0.0827. The normalized spacial score (nSPS) is 14.7. The average Bonchev–Trinajstić information content (AvgIpc) is 2.25. The molecule has 0 bridgehead atoms. The van der Waals surface area contributed by atoms with Gasteiger partial charge in [0, 0.05) is 0 Å². The second kappa shape index (κ2) is 8.60. The molecule has 0 aliphatic heterocycles. The molecule has 0 spiro atoms. The van der Waals surface area contributed by atoms with Gasteiger partial charge in [-0.3, -0.25) is 4.79 Å². The van der Waals surface area contributed by atoms with E-state index < -0.39 is 24.7 Å². The molecule has 0 aromatic heterocycles. The molecule has 2 atom stereocenters. The van der Waals surface area contributed by atoms with Gasteiger partial charge in [0.1, 0.15) is 18.8 Å². The maximum atomic E-state index is 11.2. The smallest absolute Gasteiger partial charge is 0.322 e. The zero-order chi connectivity index (χ0) is 11.7. The van der Waals surface area contributed by atoms with Crippen molar-refractivity contribution in [2.75, 3.05) is 19.8 Å². The molecule has 6 N–H and O–H groups in total. The van der Waals surface area contributed by atoms with Gasteiger partial charge in [0.05, 0.1) is 6.61 Å². The number of ether oxygens (including phenoxy) is 1. The van der Waals surface area contributed by atoms with Crippen LogP contribution in [0.15, 0.2) is 0 Å². The number of aliphatic hydroxyl groups is 2. The maximum Gasteiger partial charge on any atom is 0.322 e. The summed E-state index contributed by atoms with van der Waals surface area (Å²) in [5, 5.41) is 17.4. The van der Waals surface area contributed by atoms with Crippen LogP contribution >= 0.6 is 0 Å². The third-order valence-electron chi connectivity index (χ3n) is 1.90. The van der Waals surface area contributed by atoms with E-state index in [1.807, 2.05) is 0 Å². The Labute approximate surface area is 89.2 Å². The van der Waals surface area contributed by atoms with Crippen LogP contribution in [0.4, 0.5) is 0 Å². The lowest BCUT2D eigenvalue weighted by atomic mass is 10.1. The third-order valence-corrected chi connectivity index (χ3v) is 1.90. The standard InChI is InChI=1S/C9H20N2O4/c10-4-2-1-3-8(11)9(14)15-6-7(13)5-12/h7-8,12-13H,1-6,10-11H2/t7?,8-/m0/s1. The zero-order valence-corrected chi connectivity index (χ0v) is 8.76. The van der Waals surface area contributed by atoms with Gasteiger partial charge >= 0.3 is 5.97 Å². The average molecular weight is 220 g/mol. The first-order valence-electron chi connectivity index (χ1n) is 5.03. The molecular formula is C9H20N2O4. The molecule has 0 amide bonds. The van der Waals surface area contributed by atoms with Crippen LogP contribution in [-0.2, 0) is 9.53 Å². The Morgan fingerprint density at radius 3 is 2.60 bits per heavy atom. The summed E-state index contributed by atoms with van der Waals surface area (Å²) >= 11 is 0. The Morgan fingerprint density at radius 1 is 1.40 bits per heavy atom. The van der Waals surface area contributed by atoms with E-state index in [9.17, 15) is 4.79 Å². The first kappa shape index (κ1) is 14.3. The lowest BCUT2D eigenvalue weighted by Crippen LogP contribution is -2.34. The largest absolute Gasteiger partial charge is 0.462 e. The van der Waals surface area contributed by atoms with E-state index in [0.717, 1.165) is 12.8 Å². The van der Waals surface area contributed by atoms with Crippen molar-refractivity contribution < 1.29 is 19.7 Å². The van der Waals surface area contributed by atoms with E-state index in [1.54, 1.807) is 0 Å². The number of carbonyl (C=O) groups is 1. The summed E-state index contributed by atoms with van der Waals surface area (Å²) in [5.74, 6) is -0.556. The van der Waals surface area contributed by atoms with Crippen molar-refractivity contribution in [1.82, 2.24) is 0 Å². The van der Waals surface area contributed by atoms with Gasteiger partial charge in [0.25, 0.3) is 0 Å². The van der Waals surface area contributed by atoms with Gasteiger partial charge in [-0.15, -0.1) is 0 Å². The van der Waals surface area contributed by atoms with E-state index >= 15 is 0 Å². The number of carbonyl (C=O) groups excluding carboxylic acids is 1. The van der Waals surface area contributed by atoms with E-state index in [2.05, 4.69) is 4.74 Å². The van der Waals surface area contributed by atoms with E-state index in [-0.39, 0.29) is 6.61 Å². The molecule has 0 saturated carbocycles. The van der Waals surface area contributed by atoms with Crippen LogP contribution in [0.25, 0.3) is 0 Å². The Kier molecular flexibility index (Phi) is 8.21. The van der Waals surface area contributed by atoms with Crippen LogP contribution in [0.3, 0.4) is 0 Å². The van der Waals surface area contributed by atoms with Crippen molar-refractivity contribution in [3.8, 4) is 0 Å². The Balaban J connectivity index is 3.60. The number of unbranched alkanes of at least 4 members (excludes halogenated alkanes) is 1. The van der Waals surface area contributed by atoms with Crippen molar-refractivity contribution >= 4 is 5.97 Å². The number of hydrogen-bond acceptors (Lipinski definition) is 6. The number of nitrogens with two attached hydrogens (primary N) is 2. The molecule has 90 valence electrons. The van der Waals surface area contributed by atoms with Gasteiger partial charge in [-0.25, -0.2) is 0 Å². The molecule has 15 heavy (non-hydrogen) atoms. The fraction of sp³-hybridized carbons (Fsp3) is 0.889. The Hall–Kier alpha value is -0.690. The predicted molar refractivity (Wildman–Crippen MR) is 54.9 cm³/mol. The maximum absolute atomic E-state index is 11.2. The zero-order valence-electron chi connectivity index (χ0n) is 8.76. The minimum absolute atomic E-state index is 0.222. The highest BCUT2D eigenvalue weighted by molar-refractivity contribution is 5.75. The molecule has 0 saturated heterocycles. The topological polar surface area (TPSA) is 119 Å². The highest BCUT2D eigenvalue weighted by Crippen LogP contribution is 2.00. The Morgan fingerprint density at radius 2 is 2.07 bits per heavy atom. The van der Waals surface area contributed by atoms with Crippen LogP contribution in [0.1, 0.15) is 19.3 Å². The molecule has 0 heterocycles. The Bertz CT molecular complexity index is 177. The van der Waals surface area contributed by atoms with Crippen molar-refractivity contribution in [2.45, 2.75) is 31.4 Å². The van der Waals surface area contributed by atoms with Gasteiger partial charge < -0.3 is 26.4 Å². The molecule has 6 heteroatoms. The highest BCUT2D eigenvalue weighted by Gasteiger charge is 2.15. The minimum Gasteiger partial charge on any atom is -0.462 e. The van der Waals surface area contributed by atoms with Gasteiger partial charge in [-0.05, 0) is 19.4 Å². The molecule has 0 aliphatic rings. The van der Waals surface area contributed by atoms with E-state index in [1.165, 1.54) is 0 Å². The summed E-state index contributed by atoms with van der Waals surface area (Å²) in [6, 6.07) is -0.678. The molecular weight excluding hydrogens is 200 g/mol. The summed E-state index contributed by atoms with van der Waals surface area (Å²) in [4.78, 5) is 11.2. The lowest BCUT2D eigenvalue weighted by Gasteiger charge is -2.12. The first-order chi connectivity index (χ1) is 7.11. The molecule has 1 unspecified atom stereocenters. The van der Waals surface area contributed by atoms with Crippen LogP contribution < -0.4 is 11.5 Å². The SMILES string of the molecule is NCCCC[C@H](N)C(=O)OCC(O)CO. The quantitative estimate of drug-likeness (QED) is 0.287. The highest BCUT2D eigenvalue weighted by atomic mass is 16.5. The van der Waals surface area contributed by atoms with Gasteiger partial charge in [-0.2, -0.15) is 0 Å². The second-order valence-electron chi connectivity index (χ2n) is 3.36. The summed E-state index contributed by atoms with van der Waals surface area (Å²) in [6.07, 6.45) is 1.08. The van der Waals surface area contributed by atoms with Gasteiger partial charge in [0.2, 0.25) is 0 Å². The predicted octanol–water partition coefficient (Wildman–Crippen LogP) is -1.66. The van der Waals surface area contributed by atoms with Crippen LogP contribution in [0, 0.1) is 0 Å². The van der Waals surface area contributed by atoms with Gasteiger partial charge in [-0.1, -0.05) is 6.42 Å². The van der Waals surface area contributed by atoms with Crippen LogP contribution in [-0.4, -0.2) is 48.1 Å². The van der Waals surface area contributed by atoms with Crippen LogP contribution in [0.2, 0.25) is 0 Å². The number of rotatable bonds is 8. The van der Waals surface area contributed by atoms with Gasteiger partial charge in [0.15, 0.2) is 0 Å². The number of aliphatic hydroxyl groups excluding tert-OH is 2. The summed E-state index contributed by atoms with van der Waals surface area (Å²) in [5.41, 5.74) is 10.8. The molecule has 0 fully saturated rings. The summed E-state index contributed by atoms with van der Waals surface area (Å²) < 4.78 is 4.68. The lowest BCUT2D eigenvalue weighted by molar-refractivity contribution is -0.149. The van der Waals surface area contributed by atoms with E-state index in [4.69, 9.17) is 21.7 Å². The monoisotopic (exact) mass is 220 g/mol. The second-order valence-corrected chi connectivity index (χ2v) is 3.36. The summed E-state index contributed by atoms with van der Waals surface area (Å²) in [7, 11) is 0. The molecule has 0 aromatic carbocycles. The first-order valence-corrected chi connectivity index (χ1v) is 5.03. The third kappa shape index (κ3) is 7.26. The van der Waals surface area contributed by atoms with Crippen LogP contribution in [0.5, 0.6) is 0 Å². The minimum atomic E-state index is -1.04. The molecule has 0 radical (unpaired) electrons. The fourth-order valence-corrected chi connectivity index (χ4v) is 0.965. The molecule has 6 nitrogen and oxygen atoms in total. The van der Waals surface area contributed by atoms with E-state index in [0.29, 0.717) is 13.0 Å². The molecule has 0 aromatic rings. The number of hydrogen-bond donors (Lipinski definition) is 4. The van der Waals surface area contributed by atoms with Crippen molar-refractivity contribution in [3.05, 3.63) is 0 Å². The molecule has 0 aliphatic carbocycles. The van der Waals surface area contributed by atoms with Crippen molar-refractivity contribution in [1.29, 1.82) is 0 Å². The van der Waals surface area contributed by atoms with Crippen molar-refractivity contribution in [2.24, 2.45) is 11.5 Å². The van der Waals surface area contributed by atoms with Crippen molar-refractivity contribution in [3.63, 3.8) is 0 Å².